The van der Waals surface area contributed by atoms with Crippen LogP contribution in [0.3, 0.4) is 0 Å². The second-order valence-corrected chi connectivity index (χ2v) is 21.4. The molecule has 3 N–H and O–H groups in total. The largest absolute Gasteiger partial charge is 0.466 e. The van der Waals surface area contributed by atoms with Gasteiger partial charge in [0.05, 0.1) is 25.4 Å². The summed E-state index contributed by atoms with van der Waals surface area (Å²) in [4.78, 5) is 24.5. The number of allylic oxidation sites excluding steroid dienone is 5. The predicted octanol–water partition coefficient (Wildman–Crippen LogP) is 19.6. The fourth-order valence-corrected chi connectivity index (χ4v) is 9.61. The molecule has 70 heavy (non-hydrogen) atoms. The maximum atomic E-state index is 12.4. The molecule has 0 aromatic carbocycles. The third-order valence-electron chi connectivity index (χ3n) is 14.4. The molecule has 2 unspecified atom stereocenters. The molecule has 0 aliphatic carbocycles. The molecule has 0 aliphatic heterocycles. The highest BCUT2D eigenvalue weighted by molar-refractivity contribution is 5.76. The van der Waals surface area contributed by atoms with Crippen LogP contribution in [0.4, 0.5) is 0 Å². The number of unbranched alkanes of at least 4 members (excludes halogenated alkanes) is 43. The molecule has 0 aliphatic rings. The Morgan fingerprint density at radius 3 is 1.10 bits per heavy atom. The van der Waals surface area contributed by atoms with E-state index in [-0.39, 0.29) is 18.5 Å². The monoisotopic (exact) mass is 984 g/mol. The van der Waals surface area contributed by atoms with E-state index in [0.29, 0.717) is 19.4 Å². The maximum Gasteiger partial charge on any atom is 0.305 e. The first-order valence-corrected chi connectivity index (χ1v) is 31.3. The van der Waals surface area contributed by atoms with E-state index in [2.05, 4.69) is 43.5 Å². The lowest BCUT2D eigenvalue weighted by molar-refractivity contribution is -0.143. The molecule has 0 radical (unpaired) electrons. The third-order valence-corrected chi connectivity index (χ3v) is 14.4. The van der Waals surface area contributed by atoms with Crippen LogP contribution in [0.5, 0.6) is 0 Å². The van der Waals surface area contributed by atoms with Gasteiger partial charge in [-0.2, -0.15) is 0 Å². The summed E-state index contributed by atoms with van der Waals surface area (Å²) in [5, 5.41) is 22.9. The molecule has 0 aromatic rings. The van der Waals surface area contributed by atoms with Crippen LogP contribution < -0.4 is 5.32 Å². The number of hydrogen-bond donors (Lipinski definition) is 3. The molecule has 0 spiro atoms. The van der Waals surface area contributed by atoms with Crippen molar-refractivity contribution >= 4 is 11.9 Å². The molecule has 0 bridgehead atoms. The number of esters is 1. The molecular weight excluding hydrogens is 863 g/mol. The minimum atomic E-state index is -0.840. The van der Waals surface area contributed by atoms with Crippen LogP contribution in [0.15, 0.2) is 36.5 Å². The van der Waals surface area contributed by atoms with Crippen LogP contribution in [0.25, 0.3) is 0 Å². The molecule has 0 saturated heterocycles. The Balaban J connectivity index is 3.33. The summed E-state index contributed by atoms with van der Waals surface area (Å²) in [6, 6.07) is -0.624. The van der Waals surface area contributed by atoms with Crippen molar-refractivity contribution < 1.29 is 24.5 Å². The van der Waals surface area contributed by atoms with Crippen molar-refractivity contribution in [1.82, 2.24) is 5.32 Å². The standard InChI is InChI=1S/C64H121NO5/c1-3-5-7-9-11-13-14-15-16-17-29-32-35-38-42-46-50-54-58-64(69)70-59-55-51-47-43-39-36-33-30-27-25-23-21-19-18-20-22-24-26-28-31-34-37-41-45-49-53-57-63(68)65-61(60-66)62(67)56-52-48-44-40-12-10-8-6-4-2/h13-14,16-17,52,56,61-62,66-67H,3-12,15,18-51,53-55,57-60H2,1-2H3,(H,65,68)/b14-13-,17-16-,56-52+. The van der Waals surface area contributed by atoms with Crippen LogP contribution in [0, 0.1) is 0 Å². The van der Waals surface area contributed by atoms with Crippen molar-refractivity contribution in [2.24, 2.45) is 0 Å². The van der Waals surface area contributed by atoms with E-state index in [4.69, 9.17) is 4.74 Å². The topological polar surface area (TPSA) is 95.9 Å². The maximum absolute atomic E-state index is 12.4. The Labute approximate surface area is 436 Å². The van der Waals surface area contributed by atoms with Gasteiger partial charge in [0.15, 0.2) is 0 Å². The molecule has 0 fully saturated rings. The summed E-state index contributed by atoms with van der Waals surface area (Å²) in [7, 11) is 0. The van der Waals surface area contributed by atoms with Crippen LogP contribution in [0.1, 0.15) is 335 Å². The Hall–Kier alpha value is -1.92. The number of rotatable bonds is 58. The van der Waals surface area contributed by atoms with Gasteiger partial charge in [0.2, 0.25) is 5.91 Å². The second kappa shape index (κ2) is 59.6. The van der Waals surface area contributed by atoms with Crippen molar-refractivity contribution in [2.45, 2.75) is 347 Å². The number of aliphatic hydroxyl groups is 2. The van der Waals surface area contributed by atoms with Gasteiger partial charge in [0.25, 0.3) is 0 Å². The summed E-state index contributed by atoms with van der Waals surface area (Å²) in [5.74, 6) is -0.0586. The molecule has 2 atom stereocenters. The summed E-state index contributed by atoms with van der Waals surface area (Å²) in [5.41, 5.74) is 0. The third kappa shape index (κ3) is 55.4. The highest BCUT2D eigenvalue weighted by atomic mass is 16.5. The van der Waals surface area contributed by atoms with Gasteiger partial charge in [-0.25, -0.2) is 0 Å². The first-order chi connectivity index (χ1) is 34.5. The SMILES string of the molecule is CCCCCC/C=C\C/C=C\CCCCCCCCCC(=O)OCCCCCCCCCCCCCCCCCCCCCCCCCCCCC(=O)NC(CO)C(O)/C=C/CCCCCCCCC. The van der Waals surface area contributed by atoms with Gasteiger partial charge in [0, 0.05) is 12.8 Å². The smallest absolute Gasteiger partial charge is 0.305 e. The van der Waals surface area contributed by atoms with Crippen molar-refractivity contribution in [3.05, 3.63) is 36.5 Å². The highest BCUT2D eigenvalue weighted by Crippen LogP contribution is 2.17. The number of carbonyl (C=O) groups is 2. The van der Waals surface area contributed by atoms with Gasteiger partial charge in [-0.05, 0) is 64.2 Å². The minimum absolute atomic E-state index is 0.00935. The summed E-state index contributed by atoms with van der Waals surface area (Å²) in [6.07, 6.45) is 74.9. The summed E-state index contributed by atoms with van der Waals surface area (Å²) in [6.45, 7) is 4.87. The molecule has 0 saturated carbocycles. The van der Waals surface area contributed by atoms with Gasteiger partial charge < -0.3 is 20.3 Å². The normalized spacial score (nSPS) is 12.8. The van der Waals surface area contributed by atoms with Gasteiger partial charge >= 0.3 is 5.97 Å². The van der Waals surface area contributed by atoms with Crippen LogP contribution >= 0.6 is 0 Å². The van der Waals surface area contributed by atoms with Crippen molar-refractivity contribution in [1.29, 1.82) is 0 Å². The number of amides is 1. The fourth-order valence-electron chi connectivity index (χ4n) is 9.61. The molecule has 6 nitrogen and oxygen atoms in total. The van der Waals surface area contributed by atoms with Gasteiger partial charge in [0.1, 0.15) is 0 Å². The van der Waals surface area contributed by atoms with E-state index in [1.165, 1.54) is 257 Å². The Morgan fingerprint density at radius 2 is 0.714 bits per heavy atom. The van der Waals surface area contributed by atoms with E-state index in [0.717, 1.165) is 51.4 Å². The zero-order valence-corrected chi connectivity index (χ0v) is 47.0. The van der Waals surface area contributed by atoms with Gasteiger partial charge in [-0.1, -0.05) is 294 Å². The lowest BCUT2D eigenvalue weighted by Crippen LogP contribution is -2.45. The van der Waals surface area contributed by atoms with Crippen molar-refractivity contribution in [2.75, 3.05) is 13.2 Å². The molecule has 6 heteroatoms. The average Bonchev–Trinajstić information content (AvgIpc) is 3.36. The quantitative estimate of drug-likeness (QED) is 0.0321. The fraction of sp³-hybridized carbons (Fsp3) is 0.875. The lowest BCUT2D eigenvalue weighted by Gasteiger charge is -2.20. The van der Waals surface area contributed by atoms with Crippen LogP contribution in [-0.4, -0.2) is 47.4 Å². The minimum Gasteiger partial charge on any atom is -0.466 e. The van der Waals surface area contributed by atoms with E-state index >= 15 is 0 Å². The van der Waals surface area contributed by atoms with E-state index < -0.39 is 12.1 Å². The zero-order chi connectivity index (χ0) is 50.7. The number of hydrogen-bond acceptors (Lipinski definition) is 5. The number of nitrogens with one attached hydrogen (secondary N) is 1. The first-order valence-electron chi connectivity index (χ1n) is 31.3. The van der Waals surface area contributed by atoms with Crippen LogP contribution in [-0.2, 0) is 14.3 Å². The Bertz CT molecular complexity index is 1130. The van der Waals surface area contributed by atoms with Crippen molar-refractivity contribution in [3.63, 3.8) is 0 Å². The van der Waals surface area contributed by atoms with E-state index in [1.807, 2.05) is 6.08 Å². The number of ether oxygens (including phenoxy) is 1. The predicted molar refractivity (Wildman–Crippen MR) is 306 cm³/mol. The van der Waals surface area contributed by atoms with Gasteiger partial charge in [-0.3, -0.25) is 9.59 Å². The second-order valence-electron chi connectivity index (χ2n) is 21.4. The summed E-state index contributed by atoms with van der Waals surface area (Å²) >= 11 is 0. The molecule has 0 heterocycles. The number of carbonyl (C=O) groups excluding carboxylic acids is 2. The Kier molecular flexibility index (Phi) is 58.0. The highest BCUT2D eigenvalue weighted by Gasteiger charge is 2.18. The average molecular weight is 985 g/mol. The molecule has 1 amide bonds. The molecular formula is C64H121NO5. The van der Waals surface area contributed by atoms with Gasteiger partial charge in [-0.15, -0.1) is 0 Å². The van der Waals surface area contributed by atoms with E-state index in [9.17, 15) is 19.8 Å². The first kappa shape index (κ1) is 68.1. The van der Waals surface area contributed by atoms with Crippen LogP contribution in [0.2, 0.25) is 0 Å². The molecule has 0 aromatic heterocycles. The zero-order valence-electron chi connectivity index (χ0n) is 47.0. The molecule has 0 rings (SSSR count). The number of aliphatic hydroxyl groups excluding tert-OH is 2. The molecule has 412 valence electrons. The van der Waals surface area contributed by atoms with E-state index in [1.54, 1.807) is 6.08 Å². The lowest BCUT2D eigenvalue weighted by atomic mass is 10.0. The summed E-state index contributed by atoms with van der Waals surface area (Å²) < 4.78 is 5.50. The Morgan fingerprint density at radius 1 is 0.400 bits per heavy atom. The van der Waals surface area contributed by atoms with Crippen molar-refractivity contribution in [3.8, 4) is 0 Å².